The van der Waals surface area contributed by atoms with Gasteiger partial charge in [0.1, 0.15) is 0 Å². The highest BCUT2D eigenvalue weighted by Gasteiger charge is 2.29. The van der Waals surface area contributed by atoms with Crippen molar-refractivity contribution in [2.75, 3.05) is 46.9 Å². The Balaban J connectivity index is 0.00000225. The Kier molecular flexibility index (Phi) is 10.9. The van der Waals surface area contributed by atoms with E-state index < -0.39 is 17.4 Å². The van der Waals surface area contributed by atoms with Gasteiger partial charge in [-0.25, -0.2) is 4.79 Å². The van der Waals surface area contributed by atoms with Crippen molar-refractivity contribution in [3.63, 3.8) is 0 Å². The predicted molar refractivity (Wildman–Crippen MR) is 118 cm³/mol. The van der Waals surface area contributed by atoms with E-state index in [4.69, 9.17) is 21.0 Å². The van der Waals surface area contributed by atoms with Gasteiger partial charge in [0.05, 0.1) is 19.6 Å². The lowest BCUT2D eigenvalue weighted by atomic mass is 10.1. The van der Waals surface area contributed by atoms with Gasteiger partial charge in [-0.15, -0.1) is 24.8 Å². The number of halogens is 3. The molecule has 1 fully saturated rings. The molecule has 8 nitrogen and oxygen atoms in total. The third kappa shape index (κ3) is 6.47. The summed E-state index contributed by atoms with van der Waals surface area (Å²) < 4.78 is 6.81. The highest BCUT2D eigenvalue weighted by Crippen LogP contribution is 2.26. The zero-order chi connectivity index (χ0) is 20.1. The molecule has 0 spiro atoms. The van der Waals surface area contributed by atoms with Gasteiger partial charge in [-0.1, -0.05) is 41.9 Å². The Bertz CT molecular complexity index is 851. The largest absolute Gasteiger partial charge is 0.374 e. The average molecular weight is 483 g/mol. The van der Waals surface area contributed by atoms with Crippen LogP contribution in [0.5, 0.6) is 0 Å². The van der Waals surface area contributed by atoms with E-state index in [0.717, 1.165) is 30.9 Å². The molecule has 1 aromatic heterocycles. The van der Waals surface area contributed by atoms with Crippen LogP contribution in [0.15, 0.2) is 39.6 Å². The number of likely N-dealkylation sites (N-methyl/N-ethyl adjacent to an activating group) is 1. The maximum atomic E-state index is 12.5. The molecular weight excluding hydrogens is 457 g/mol. The molecule has 0 N–H and O–H groups in total. The van der Waals surface area contributed by atoms with Crippen LogP contribution < -0.4 is 5.56 Å². The van der Waals surface area contributed by atoms with Crippen LogP contribution in [0.25, 0.3) is 11.3 Å². The standard InChI is InChI=1S/C19H24ClN3O5.2ClH/c1-21-8-10-22(11-9-21)12-15(19(25)28-26-2)13-23-18(24)16(20)17(27-23)14-6-4-3-5-7-14;;/h3-7,15H,8-13H2,1-2H3;2*1H. The molecule has 3 rings (SSSR count). The van der Waals surface area contributed by atoms with E-state index in [1.54, 1.807) is 12.1 Å². The molecule has 1 aliphatic rings. The minimum Gasteiger partial charge on any atom is -0.374 e. The van der Waals surface area contributed by atoms with Crippen LogP contribution in [0.3, 0.4) is 0 Å². The van der Waals surface area contributed by atoms with E-state index in [1.807, 2.05) is 18.2 Å². The second-order valence-electron chi connectivity index (χ2n) is 6.84. The molecule has 2 heterocycles. The van der Waals surface area contributed by atoms with Crippen LogP contribution in [-0.2, 0) is 21.1 Å². The molecule has 0 saturated carbocycles. The van der Waals surface area contributed by atoms with Crippen LogP contribution in [0, 0.1) is 5.92 Å². The lowest BCUT2D eigenvalue weighted by Crippen LogP contribution is -2.47. The van der Waals surface area contributed by atoms with Crippen molar-refractivity contribution in [3.05, 3.63) is 45.7 Å². The number of benzene rings is 1. The van der Waals surface area contributed by atoms with Crippen LogP contribution in [0.2, 0.25) is 5.02 Å². The van der Waals surface area contributed by atoms with Gasteiger partial charge in [-0.3, -0.25) is 14.6 Å². The quantitative estimate of drug-likeness (QED) is 0.443. The van der Waals surface area contributed by atoms with Crippen LogP contribution in [-0.4, -0.2) is 67.4 Å². The predicted octanol–water partition coefficient (Wildman–Crippen LogP) is 2.57. The highest BCUT2D eigenvalue weighted by atomic mass is 35.5. The number of carbonyl (C=O) groups is 1. The third-order valence-corrected chi connectivity index (χ3v) is 5.14. The summed E-state index contributed by atoms with van der Waals surface area (Å²) in [7, 11) is 3.33. The van der Waals surface area contributed by atoms with Crippen LogP contribution in [0.4, 0.5) is 0 Å². The molecule has 1 atom stereocenters. The molecule has 1 saturated heterocycles. The van der Waals surface area contributed by atoms with Gasteiger partial charge in [-0.2, -0.15) is 9.63 Å². The van der Waals surface area contributed by atoms with Crippen molar-refractivity contribution in [3.8, 4) is 11.3 Å². The van der Waals surface area contributed by atoms with Crippen molar-refractivity contribution in [2.24, 2.45) is 5.92 Å². The van der Waals surface area contributed by atoms with Crippen molar-refractivity contribution >= 4 is 42.4 Å². The van der Waals surface area contributed by atoms with Crippen LogP contribution >= 0.6 is 36.4 Å². The molecule has 0 aliphatic carbocycles. The van der Waals surface area contributed by atoms with Gasteiger partial charge in [0.2, 0.25) is 0 Å². The van der Waals surface area contributed by atoms with Gasteiger partial charge in [-0.05, 0) is 7.05 Å². The van der Waals surface area contributed by atoms with Gasteiger partial charge >= 0.3 is 11.5 Å². The summed E-state index contributed by atoms with van der Waals surface area (Å²) in [5, 5.41) is -0.00958. The first kappa shape index (κ1) is 26.5. The number of hydrogen-bond acceptors (Lipinski definition) is 7. The summed E-state index contributed by atoms with van der Waals surface area (Å²) >= 11 is 6.20. The summed E-state index contributed by atoms with van der Waals surface area (Å²) in [5.74, 6) is -0.903. The maximum Gasteiger partial charge on any atom is 0.348 e. The van der Waals surface area contributed by atoms with Crippen molar-refractivity contribution in [1.29, 1.82) is 0 Å². The summed E-state index contributed by atoms with van der Waals surface area (Å²) in [6.45, 7) is 3.93. The molecule has 168 valence electrons. The molecule has 30 heavy (non-hydrogen) atoms. The lowest BCUT2D eigenvalue weighted by Gasteiger charge is -2.33. The summed E-state index contributed by atoms with van der Waals surface area (Å²) in [4.78, 5) is 38.6. The molecule has 0 bridgehead atoms. The minimum atomic E-state index is -0.633. The molecule has 1 aliphatic heterocycles. The Hall–Kier alpha value is -1.55. The van der Waals surface area contributed by atoms with Gasteiger partial charge in [0, 0.05) is 38.3 Å². The molecule has 1 unspecified atom stereocenters. The lowest BCUT2D eigenvalue weighted by molar-refractivity contribution is -0.260. The average Bonchev–Trinajstić information content (AvgIpc) is 2.98. The first-order chi connectivity index (χ1) is 13.5. The fraction of sp³-hybridized carbons (Fsp3) is 0.474. The summed E-state index contributed by atoms with van der Waals surface area (Å²) in [5.41, 5.74) is 0.215. The maximum absolute atomic E-state index is 12.5. The van der Waals surface area contributed by atoms with E-state index in [0.29, 0.717) is 12.1 Å². The number of hydrogen-bond donors (Lipinski definition) is 0. The summed E-state index contributed by atoms with van der Waals surface area (Å²) in [6.07, 6.45) is 0. The van der Waals surface area contributed by atoms with Gasteiger partial charge in [0.15, 0.2) is 10.8 Å². The molecule has 0 amide bonds. The number of rotatable bonds is 7. The second-order valence-corrected chi connectivity index (χ2v) is 7.21. The van der Waals surface area contributed by atoms with E-state index >= 15 is 0 Å². The van der Waals surface area contributed by atoms with E-state index in [1.165, 1.54) is 7.11 Å². The fourth-order valence-corrected chi connectivity index (χ4v) is 3.42. The normalized spacial score (nSPS) is 15.7. The number of piperazine rings is 1. The van der Waals surface area contributed by atoms with Gasteiger partial charge in [0.25, 0.3) is 0 Å². The van der Waals surface area contributed by atoms with Crippen LogP contribution in [0.1, 0.15) is 0 Å². The van der Waals surface area contributed by atoms with E-state index in [-0.39, 0.29) is 42.1 Å². The number of nitrogens with zero attached hydrogens (tertiary/aromatic N) is 3. The first-order valence-electron chi connectivity index (χ1n) is 9.10. The summed E-state index contributed by atoms with van der Waals surface area (Å²) in [6, 6.07) is 9.12. The van der Waals surface area contributed by atoms with Crippen molar-refractivity contribution in [1.82, 2.24) is 14.5 Å². The number of aromatic nitrogens is 1. The van der Waals surface area contributed by atoms with Crippen molar-refractivity contribution < 1.29 is 19.1 Å². The second kappa shape index (κ2) is 12.3. The minimum absolute atomic E-state index is 0. The van der Waals surface area contributed by atoms with E-state index in [2.05, 4.69) is 21.7 Å². The third-order valence-electron chi connectivity index (χ3n) is 4.81. The smallest absolute Gasteiger partial charge is 0.348 e. The van der Waals surface area contributed by atoms with E-state index in [9.17, 15) is 9.59 Å². The molecule has 2 aromatic rings. The molecule has 1 aromatic carbocycles. The van der Waals surface area contributed by atoms with Gasteiger partial charge < -0.3 is 9.42 Å². The number of carbonyl (C=O) groups excluding carboxylic acids is 1. The Morgan fingerprint density at radius 2 is 1.77 bits per heavy atom. The topological polar surface area (TPSA) is 77.2 Å². The zero-order valence-corrected chi connectivity index (χ0v) is 19.2. The molecule has 0 radical (unpaired) electrons. The SMILES string of the molecule is COOC(=O)C(CN1CCN(C)CC1)Cn1oc(-c2ccccc2)c(Cl)c1=O.Cl.Cl. The fourth-order valence-electron chi connectivity index (χ4n) is 3.19. The molecular formula is C19H26Cl3N3O5. The zero-order valence-electron chi connectivity index (χ0n) is 16.8. The monoisotopic (exact) mass is 481 g/mol. The Morgan fingerprint density at radius 3 is 2.37 bits per heavy atom. The Morgan fingerprint density at radius 1 is 1.13 bits per heavy atom. The Labute approximate surface area is 192 Å². The molecule has 11 heteroatoms. The first-order valence-corrected chi connectivity index (χ1v) is 9.47. The van der Waals surface area contributed by atoms with Crippen molar-refractivity contribution in [2.45, 2.75) is 6.54 Å². The highest BCUT2D eigenvalue weighted by molar-refractivity contribution is 6.32.